The van der Waals surface area contributed by atoms with Crippen LogP contribution in [-0.4, -0.2) is 34.3 Å². The van der Waals surface area contributed by atoms with Gasteiger partial charge in [-0.05, 0) is 73.9 Å². The summed E-state index contributed by atoms with van der Waals surface area (Å²) >= 11 is 0. The smallest absolute Gasteiger partial charge is 0.412 e. The standard InChI is InChI=1S/C33H29N3O5/c1-33(2,3)41-32(40)35-27-18-17-24(22-9-5-4-6-10-22)19-28(27)34-29(37)23-15-13-21(14-16-23)20-36-30(38)25-11-7-8-12-26(25)31(36)39/h4-19H,20H2,1-3H3,(H,34,37)(H,35,40). The van der Waals surface area contributed by atoms with E-state index in [1.54, 1.807) is 81.4 Å². The van der Waals surface area contributed by atoms with E-state index >= 15 is 0 Å². The maximum absolute atomic E-state index is 13.3. The number of carbonyl (C=O) groups is 4. The van der Waals surface area contributed by atoms with Crippen LogP contribution in [0.4, 0.5) is 16.2 Å². The summed E-state index contributed by atoms with van der Waals surface area (Å²) in [7, 11) is 0. The van der Waals surface area contributed by atoms with Gasteiger partial charge in [0.15, 0.2) is 0 Å². The predicted molar refractivity (Wildman–Crippen MR) is 157 cm³/mol. The van der Waals surface area contributed by atoms with Crippen molar-refractivity contribution < 1.29 is 23.9 Å². The van der Waals surface area contributed by atoms with Crippen LogP contribution in [0, 0.1) is 0 Å². The second kappa shape index (κ2) is 11.1. The molecule has 8 heteroatoms. The summed E-state index contributed by atoms with van der Waals surface area (Å²) in [5, 5.41) is 5.62. The summed E-state index contributed by atoms with van der Waals surface area (Å²) in [6, 6.07) is 28.4. The van der Waals surface area contributed by atoms with E-state index in [4.69, 9.17) is 4.74 Å². The Morgan fingerprint density at radius 2 is 1.32 bits per heavy atom. The van der Waals surface area contributed by atoms with Crippen LogP contribution >= 0.6 is 0 Å². The number of benzene rings is 4. The molecule has 4 aromatic carbocycles. The molecule has 0 bridgehead atoms. The summed E-state index contributed by atoms with van der Waals surface area (Å²) in [6.45, 7) is 5.40. The molecular formula is C33H29N3O5. The highest BCUT2D eigenvalue weighted by atomic mass is 16.6. The summed E-state index contributed by atoms with van der Waals surface area (Å²) in [5.74, 6) is -1.07. The molecule has 0 aliphatic carbocycles. The molecule has 8 nitrogen and oxygen atoms in total. The Kier molecular flexibility index (Phi) is 7.40. The summed E-state index contributed by atoms with van der Waals surface area (Å²) in [5.41, 5.74) is 3.75. The molecule has 5 rings (SSSR count). The average Bonchev–Trinajstić information content (AvgIpc) is 3.18. The van der Waals surface area contributed by atoms with E-state index in [9.17, 15) is 19.2 Å². The van der Waals surface area contributed by atoms with Crippen LogP contribution in [0.5, 0.6) is 0 Å². The van der Waals surface area contributed by atoms with Crippen LogP contribution in [-0.2, 0) is 11.3 Å². The lowest BCUT2D eigenvalue weighted by Gasteiger charge is -2.21. The zero-order chi connectivity index (χ0) is 29.1. The minimum absolute atomic E-state index is 0.0946. The molecule has 0 saturated carbocycles. The topological polar surface area (TPSA) is 105 Å². The third-order valence-corrected chi connectivity index (χ3v) is 6.45. The van der Waals surface area contributed by atoms with Crippen molar-refractivity contribution in [3.63, 3.8) is 0 Å². The van der Waals surface area contributed by atoms with Crippen LogP contribution in [0.2, 0.25) is 0 Å². The van der Waals surface area contributed by atoms with Crippen molar-refractivity contribution in [1.82, 2.24) is 4.90 Å². The summed E-state index contributed by atoms with van der Waals surface area (Å²) in [6.07, 6.45) is -0.641. The highest BCUT2D eigenvalue weighted by Gasteiger charge is 2.35. The second-order valence-corrected chi connectivity index (χ2v) is 10.6. The molecule has 4 amide bonds. The van der Waals surface area contributed by atoms with E-state index in [0.717, 1.165) is 11.1 Å². The zero-order valence-corrected chi connectivity index (χ0v) is 22.9. The van der Waals surface area contributed by atoms with Crippen molar-refractivity contribution in [2.75, 3.05) is 10.6 Å². The molecule has 0 aromatic heterocycles. The molecule has 0 unspecified atom stereocenters. The van der Waals surface area contributed by atoms with Crippen LogP contribution in [0.25, 0.3) is 11.1 Å². The Morgan fingerprint density at radius 3 is 1.93 bits per heavy atom. The third-order valence-electron chi connectivity index (χ3n) is 6.45. The number of nitrogens with zero attached hydrogens (tertiary/aromatic N) is 1. The molecule has 0 atom stereocenters. The molecule has 0 fully saturated rings. The number of ether oxygens (including phenoxy) is 1. The summed E-state index contributed by atoms with van der Waals surface area (Å²) < 4.78 is 5.39. The number of nitrogens with one attached hydrogen (secondary N) is 2. The molecule has 1 aliphatic rings. The quantitative estimate of drug-likeness (QED) is 0.260. The van der Waals surface area contributed by atoms with Crippen LogP contribution in [0.1, 0.15) is 57.4 Å². The highest BCUT2D eigenvalue weighted by Crippen LogP contribution is 2.30. The fourth-order valence-corrected chi connectivity index (χ4v) is 4.50. The molecular weight excluding hydrogens is 518 g/mol. The molecule has 41 heavy (non-hydrogen) atoms. The Balaban J connectivity index is 1.34. The van der Waals surface area contributed by atoms with Crippen molar-refractivity contribution in [3.05, 3.63) is 119 Å². The molecule has 0 saturated heterocycles. The molecule has 4 aromatic rings. The average molecular weight is 548 g/mol. The first-order valence-corrected chi connectivity index (χ1v) is 13.1. The van der Waals surface area contributed by atoms with Gasteiger partial charge in [0.2, 0.25) is 0 Å². The van der Waals surface area contributed by atoms with Gasteiger partial charge in [0.25, 0.3) is 17.7 Å². The number of imide groups is 1. The van der Waals surface area contributed by atoms with Crippen molar-refractivity contribution in [2.45, 2.75) is 32.9 Å². The van der Waals surface area contributed by atoms with E-state index in [1.165, 1.54) is 4.90 Å². The fraction of sp³-hybridized carbons (Fsp3) is 0.152. The van der Waals surface area contributed by atoms with Crippen molar-refractivity contribution in [1.29, 1.82) is 0 Å². The van der Waals surface area contributed by atoms with Gasteiger partial charge in [0.05, 0.1) is 29.0 Å². The van der Waals surface area contributed by atoms with Crippen LogP contribution < -0.4 is 10.6 Å². The van der Waals surface area contributed by atoms with Gasteiger partial charge in [-0.25, -0.2) is 4.79 Å². The first-order valence-electron chi connectivity index (χ1n) is 13.1. The van der Waals surface area contributed by atoms with Gasteiger partial charge < -0.3 is 10.1 Å². The Hall–Kier alpha value is -5.24. The normalized spacial score (nSPS) is 12.6. The zero-order valence-electron chi connectivity index (χ0n) is 22.9. The van der Waals surface area contributed by atoms with Crippen molar-refractivity contribution in [3.8, 4) is 11.1 Å². The fourth-order valence-electron chi connectivity index (χ4n) is 4.50. The first kappa shape index (κ1) is 27.3. The van der Waals surface area contributed by atoms with E-state index < -0.39 is 17.6 Å². The maximum Gasteiger partial charge on any atom is 0.412 e. The second-order valence-electron chi connectivity index (χ2n) is 10.6. The minimum Gasteiger partial charge on any atom is -0.444 e. The van der Waals surface area contributed by atoms with Gasteiger partial charge in [-0.3, -0.25) is 24.6 Å². The lowest BCUT2D eigenvalue weighted by atomic mass is 10.0. The van der Waals surface area contributed by atoms with Crippen LogP contribution in [0.3, 0.4) is 0 Å². The van der Waals surface area contributed by atoms with E-state index in [-0.39, 0.29) is 18.4 Å². The summed E-state index contributed by atoms with van der Waals surface area (Å²) in [4.78, 5) is 52.4. The predicted octanol–water partition coefficient (Wildman–Crippen LogP) is 6.75. The Labute approximate surface area is 238 Å². The number of rotatable bonds is 6. The van der Waals surface area contributed by atoms with Gasteiger partial charge in [-0.15, -0.1) is 0 Å². The molecule has 0 spiro atoms. The number of hydrogen-bond acceptors (Lipinski definition) is 5. The van der Waals surface area contributed by atoms with E-state index in [2.05, 4.69) is 10.6 Å². The Bertz CT molecular complexity index is 1600. The number of fused-ring (bicyclic) bond motifs is 1. The third kappa shape index (κ3) is 6.17. The van der Waals surface area contributed by atoms with Gasteiger partial charge in [0, 0.05) is 5.56 Å². The lowest BCUT2D eigenvalue weighted by molar-refractivity contribution is 0.0625. The van der Waals surface area contributed by atoms with Gasteiger partial charge in [-0.1, -0.05) is 60.7 Å². The molecule has 1 heterocycles. The number of amides is 4. The van der Waals surface area contributed by atoms with Crippen molar-refractivity contribution in [2.24, 2.45) is 0 Å². The van der Waals surface area contributed by atoms with Crippen LogP contribution in [0.15, 0.2) is 97.1 Å². The molecule has 0 radical (unpaired) electrons. The largest absolute Gasteiger partial charge is 0.444 e. The SMILES string of the molecule is CC(C)(C)OC(=O)Nc1ccc(-c2ccccc2)cc1NC(=O)c1ccc(CN2C(=O)c3ccccc3C2=O)cc1. The minimum atomic E-state index is -0.688. The first-order chi connectivity index (χ1) is 19.6. The highest BCUT2D eigenvalue weighted by molar-refractivity contribution is 6.21. The molecule has 206 valence electrons. The monoisotopic (exact) mass is 547 g/mol. The maximum atomic E-state index is 13.3. The lowest BCUT2D eigenvalue weighted by Crippen LogP contribution is -2.29. The molecule has 2 N–H and O–H groups in total. The molecule has 1 aliphatic heterocycles. The van der Waals surface area contributed by atoms with Gasteiger partial charge in [0.1, 0.15) is 5.60 Å². The van der Waals surface area contributed by atoms with E-state index in [1.807, 2.05) is 36.4 Å². The van der Waals surface area contributed by atoms with Gasteiger partial charge >= 0.3 is 6.09 Å². The van der Waals surface area contributed by atoms with Crippen molar-refractivity contribution >= 4 is 35.2 Å². The number of anilines is 2. The number of hydrogen-bond donors (Lipinski definition) is 2. The Morgan fingerprint density at radius 1 is 0.707 bits per heavy atom. The van der Waals surface area contributed by atoms with Gasteiger partial charge in [-0.2, -0.15) is 0 Å². The number of carbonyl (C=O) groups excluding carboxylic acids is 4. The van der Waals surface area contributed by atoms with E-state index in [0.29, 0.717) is 33.6 Å².